The minimum Gasteiger partial charge on any atom is -0.375 e. The van der Waals surface area contributed by atoms with Crippen molar-refractivity contribution in [2.24, 2.45) is 0 Å². The van der Waals surface area contributed by atoms with Gasteiger partial charge in [0.25, 0.3) is 0 Å². The molecule has 0 bridgehead atoms. The van der Waals surface area contributed by atoms with Gasteiger partial charge in [0.05, 0.1) is 12.7 Å². The van der Waals surface area contributed by atoms with E-state index in [1.165, 1.54) is 57.8 Å². The van der Waals surface area contributed by atoms with Crippen molar-refractivity contribution in [1.82, 2.24) is 0 Å². The van der Waals surface area contributed by atoms with Crippen LogP contribution >= 0.6 is 0 Å². The van der Waals surface area contributed by atoms with E-state index in [1.807, 2.05) is 0 Å². The lowest BCUT2D eigenvalue weighted by Gasteiger charge is -2.19. The van der Waals surface area contributed by atoms with Gasteiger partial charge in [-0.1, -0.05) is 57.8 Å². The third kappa shape index (κ3) is 8.59. The van der Waals surface area contributed by atoms with Gasteiger partial charge in [-0.3, -0.25) is 0 Å². The lowest BCUT2D eigenvalue weighted by Crippen LogP contribution is -2.18. The number of alkyl halides is 1. The molecule has 1 fully saturated rings. The first-order chi connectivity index (χ1) is 8.29. The second-order valence-corrected chi connectivity index (χ2v) is 5.50. The monoisotopic (exact) mass is 244 g/mol. The van der Waals surface area contributed by atoms with Crippen LogP contribution in [0.1, 0.15) is 77.6 Å². The van der Waals surface area contributed by atoms with Crippen LogP contribution in [0.4, 0.5) is 4.39 Å². The van der Waals surface area contributed by atoms with Crippen LogP contribution in [-0.4, -0.2) is 18.9 Å². The molecule has 1 nitrogen and oxygen atoms in total. The SMILES string of the molecule is C[C@H](F)COC1CCCCCCCCCCC1. The smallest absolute Gasteiger partial charge is 0.121 e. The highest BCUT2D eigenvalue weighted by molar-refractivity contribution is 4.62. The molecule has 0 N–H and O–H groups in total. The summed E-state index contributed by atoms with van der Waals surface area (Å²) in [4.78, 5) is 0. The van der Waals surface area contributed by atoms with E-state index in [1.54, 1.807) is 6.92 Å². The largest absolute Gasteiger partial charge is 0.375 e. The van der Waals surface area contributed by atoms with Crippen molar-refractivity contribution in [2.45, 2.75) is 89.8 Å². The maximum Gasteiger partial charge on any atom is 0.121 e. The molecule has 0 spiro atoms. The van der Waals surface area contributed by atoms with Gasteiger partial charge in [-0.2, -0.15) is 0 Å². The number of rotatable bonds is 3. The molecule has 17 heavy (non-hydrogen) atoms. The summed E-state index contributed by atoms with van der Waals surface area (Å²) < 4.78 is 18.5. The van der Waals surface area contributed by atoms with Crippen LogP contribution in [0.2, 0.25) is 0 Å². The molecule has 0 radical (unpaired) electrons. The molecule has 0 unspecified atom stereocenters. The molecule has 0 heterocycles. The van der Waals surface area contributed by atoms with E-state index in [0.717, 1.165) is 12.8 Å². The van der Waals surface area contributed by atoms with Gasteiger partial charge in [0, 0.05) is 0 Å². The lowest BCUT2D eigenvalue weighted by atomic mass is 9.99. The summed E-state index contributed by atoms with van der Waals surface area (Å²) in [5.41, 5.74) is 0. The summed E-state index contributed by atoms with van der Waals surface area (Å²) in [5.74, 6) is 0. The number of ether oxygens (including phenoxy) is 1. The molecule has 1 saturated carbocycles. The topological polar surface area (TPSA) is 9.23 Å². The molecule has 0 aromatic heterocycles. The van der Waals surface area contributed by atoms with Crippen LogP contribution < -0.4 is 0 Å². The summed E-state index contributed by atoms with van der Waals surface area (Å²) in [5, 5.41) is 0. The normalized spacial score (nSPS) is 23.6. The van der Waals surface area contributed by atoms with Crippen molar-refractivity contribution in [3.8, 4) is 0 Å². The minimum atomic E-state index is -0.823. The quantitative estimate of drug-likeness (QED) is 0.676. The van der Waals surface area contributed by atoms with Crippen molar-refractivity contribution < 1.29 is 9.13 Å². The van der Waals surface area contributed by atoms with Gasteiger partial charge in [-0.05, 0) is 19.8 Å². The van der Waals surface area contributed by atoms with E-state index >= 15 is 0 Å². The fraction of sp³-hybridized carbons (Fsp3) is 1.00. The van der Waals surface area contributed by atoms with E-state index in [-0.39, 0.29) is 6.61 Å². The predicted molar refractivity (Wildman–Crippen MR) is 71.1 cm³/mol. The standard InChI is InChI=1S/C15H29FO/c1-14(16)13-17-15-11-9-7-5-3-2-4-6-8-10-12-15/h14-15H,2-13H2,1H3/t14-/m0/s1. The van der Waals surface area contributed by atoms with Gasteiger partial charge < -0.3 is 4.74 Å². The van der Waals surface area contributed by atoms with Crippen molar-refractivity contribution in [3.63, 3.8) is 0 Å². The van der Waals surface area contributed by atoms with Crippen LogP contribution in [0, 0.1) is 0 Å². The Kier molecular flexibility index (Phi) is 8.68. The maximum atomic E-state index is 12.8. The second kappa shape index (κ2) is 9.87. The Morgan fingerprint density at radius 2 is 1.29 bits per heavy atom. The molecule has 0 amide bonds. The third-order valence-corrected chi connectivity index (χ3v) is 3.61. The highest BCUT2D eigenvalue weighted by atomic mass is 19.1. The first-order valence-corrected chi connectivity index (χ1v) is 7.54. The van der Waals surface area contributed by atoms with E-state index < -0.39 is 6.17 Å². The summed E-state index contributed by atoms with van der Waals surface area (Å²) in [6.07, 6.45) is 13.9. The van der Waals surface area contributed by atoms with Crippen LogP contribution in [0.3, 0.4) is 0 Å². The zero-order valence-electron chi connectivity index (χ0n) is 11.4. The second-order valence-electron chi connectivity index (χ2n) is 5.50. The summed E-state index contributed by atoms with van der Waals surface area (Å²) in [6, 6.07) is 0. The number of halogens is 1. The zero-order valence-corrected chi connectivity index (χ0v) is 11.4. The molecule has 0 aliphatic heterocycles. The van der Waals surface area contributed by atoms with Crippen LogP contribution in [-0.2, 0) is 4.74 Å². The van der Waals surface area contributed by atoms with Crippen molar-refractivity contribution >= 4 is 0 Å². The minimum absolute atomic E-state index is 0.282. The Morgan fingerprint density at radius 3 is 1.71 bits per heavy atom. The van der Waals surface area contributed by atoms with Crippen molar-refractivity contribution in [3.05, 3.63) is 0 Å². The van der Waals surface area contributed by atoms with Gasteiger partial charge in [-0.25, -0.2) is 4.39 Å². The summed E-state index contributed by atoms with van der Waals surface area (Å²) >= 11 is 0. The Balaban J connectivity index is 2.22. The Hall–Kier alpha value is -0.110. The molecular weight excluding hydrogens is 215 g/mol. The Labute approximate surface area is 106 Å². The molecule has 102 valence electrons. The molecule has 1 aliphatic carbocycles. The molecular formula is C15H29FO. The Bertz CT molecular complexity index is 158. The van der Waals surface area contributed by atoms with Gasteiger partial charge in [0.2, 0.25) is 0 Å². The fourth-order valence-corrected chi connectivity index (χ4v) is 2.56. The fourth-order valence-electron chi connectivity index (χ4n) is 2.56. The van der Waals surface area contributed by atoms with E-state index in [9.17, 15) is 4.39 Å². The molecule has 0 aromatic rings. The van der Waals surface area contributed by atoms with Crippen LogP contribution in [0.15, 0.2) is 0 Å². The van der Waals surface area contributed by atoms with Crippen molar-refractivity contribution in [1.29, 1.82) is 0 Å². The Morgan fingerprint density at radius 1 is 0.882 bits per heavy atom. The van der Waals surface area contributed by atoms with Crippen LogP contribution in [0.5, 0.6) is 0 Å². The number of hydrogen-bond acceptors (Lipinski definition) is 1. The number of hydrogen-bond donors (Lipinski definition) is 0. The van der Waals surface area contributed by atoms with Crippen molar-refractivity contribution in [2.75, 3.05) is 6.61 Å². The molecule has 0 aromatic carbocycles. The lowest BCUT2D eigenvalue weighted by molar-refractivity contribution is 0.0110. The van der Waals surface area contributed by atoms with Gasteiger partial charge in [0.15, 0.2) is 0 Å². The molecule has 1 aliphatic rings. The zero-order chi connectivity index (χ0) is 12.3. The average Bonchev–Trinajstić information content (AvgIpc) is 2.28. The van der Waals surface area contributed by atoms with E-state index in [2.05, 4.69) is 0 Å². The third-order valence-electron chi connectivity index (χ3n) is 3.61. The maximum absolute atomic E-state index is 12.8. The molecule has 1 rings (SSSR count). The molecule has 1 atom stereocenters. The first-order valence-electron chi connectivity index (χ1n) is 7.54. The summed E-state index contributed by atoms with van der Waals surface area (Å²) in [7, 11) is 0. The van der Waals surface area contributed by atoms with Gasteiger partial charge in [0.1, 0.15) is 6.17 Å². The van der Waals surface area contributed by atoms with Gasteiger partial charge in [-0.15, -0.1) is 0 Å². The van der Waals surface area contributed by atoms with Crippen LogP contribution in [0.25, 0.3) is 0 Å². The molecule has 2 heteroatoms. The summed E-state index contributed by atoms with van der Waals surface area (Å²) in [6.45, 7) is 1.86. The predicted octanol–water partition coefficient (Wildman–Crippen LogP) is 5.03. The molecule has 0 saturated heterocycles. The highest BCUT2D eigenvalue weighted by Gasteiger charge is 2.11. The average molecular weight is 244 g/mol. The van der Waals surface area contributed by atoms with E-state index in [4.69, 9.17) is 4.74 Å². The van der Waals surface area contributed by atoms with Gasteiger partial charge >= 0.3 is 0 Å². The first kappa shape index (κ1) is 14.9. The highest BCUT2D eigenvalue weighted by Crippen LogP contribution is 2.19. The van der Waals surface area contributed by atoms with E-state index in [0.29, 0.717) is 6.10 Å².